The Kier molecular flexibility index (Phi) is 10.9. The fourth-order valence-electron chi connectivity index (χ4n) is 7.15. The second-order valence-corrected chi connectivity index (χ2v) is 14.2. The quantitative estimate of drug-likeness (QED) is 0.148. The first-order chi connectivity index (χ1) is 23.6. The van der Waals surface area contributed by atoms with Gasteiger partial charge in [0.05, 0.1) is 59.3 Å². The number of benzene rings is 2. The fraction of sp³-hybridized carbons (Fsp3) is 0.528. The molecular formula is C36H42F4N4O4S. The number of piperidine rings is 1. The average Bonchev–Trinajstić information content (AvgIpc) is 3.42. The third-order valence-corrected chi connectivity index (χ3v) is 11.1. The van der Waals surface area contributed by atoms with Crippen LogP contribution in [0.5, 0.6) is 5.75 Å². The molecule has 0 radical (unpaired) electrons. The molecule has 13 heteroatoms. The average molecular weight is 703 g/mol. The monoisotopic (exact) mass is 702 g/mol. The highest BCUT2D eigenvalue weighted by Gasteiger charge is 2.42. The number of rotatable bonds is 10. The van der Waals surface area contributed by atoms with Crippen LogP contribution in [0, 0.1) is 23.1 Å². The van der Waals surface area contributed by atoms with Crippen molar-refractivity contribution >= 4 is 38.7 Å². The van der Waals surface area contributed by atoms with Gasteiger partial charge in [0.1, 0.15) is 18.2 Å². The van der Waals surface area contributed by atoms with Gasteiger partial charge in [0.15, 0.2) is 0 Å². The Balaban J connectivity index is 1.15. The Morgan fingerprint density at radius 1 is 1.14 bits per heavy atom. The minimum Gasteiger partial charge on any atom is -0.489 e. The van der Waals surface area contributed by atoms with Crippen molar-refractivity contribution in [1.29, 1.82) is 0 Å². The smallest absolute Gasteiger partial charge is 0.393 e. The summed E-state index contributed by atoms with van der Waals surface area (Å²) in [7, 11) is 1.37. The van der Waals surface area contributed by atoms with E-state index in [2.05, 4.69) is 32.7 Å². The fourth-order valence-corrected chi connectivity index (χ4v) is 8.32. The van der Waals surface area contributed by atoms with Crippen LogP contribution in [0.25, 0.3) is 10.1 Å². The zero-order valence-electron chi connectivity index (χ0n) is 27.5. The number of hydrogen-bond donors (Lipinski definition) is 4. The van der Waals surface area contributed by atoms with Crippen molar-refractivity contribution in [3.63, 3.8) is 0 Å². The lowest BCUT2D eigenvalue weighted by Crippen LogP contribution is -2.53. The summed E-state index contributed by atoms with van der Waals surface area (Å²) in [5, 5.41) is 18.7. The number of thiophene rings is 1. The van der Waals surface area contributed by atoms with Crippen LogP contribution in [-0.4, -0.2) is 87.3 Å². The minimum absolute atomic E-state index is 0.0337. The van der Waals surface area contributed by atoms with Gasteiger partial charge in [-0.3, -0.25) is 4.79 Å². The number of nitrogens with one attached hydrogen (secondary N) is 3. The third kappa shape index (κ3) is 8.26. The second-order valence-electron chi connectivity index (χ2n) is 13.2. The number of anilines is 2. The number of carbonyl (C=O) groups is 1. The summed E-state index contributed by atoms with van der Waals surface area (Å²) in [6.07, 6.45) is 1.07. The third-order valence-electron chi connectivity index (χ3n) is 9.90. The highest BCUT2D eigenvalue weighted by molar-refractivity contribution is 7.20. The van der Waals surface area contributed by atoms with E-state index in [9.17, 15) is 27.5 Å². The van der Waals surface area contributed by atoms with Gasteiger partial charge in [-0.2, -0.15) is 13.2 Å². The van der Waals surface area contributed by atoms with Crippen LogP contribution in [-0.2, 0) is 11.2 Å². The number of aliphatic hydroxyl groups is 1. The van der Waals surface area contributed by atoms with Crippen molar-refractivity contribution in [2.24, 2.45) is 5.41 Å². The Morgan fingerprint density at radius 2 is 1.90 bits per heavy atom. The maximum Gasteiger partial charge on any atom is 0.393 e. The van der Waals surface area contributed by atoms with Gasteiger partial charge < -0.3 is 35.4 Å². The zero-order valence-corrected chi connectivity index (χ0v) is 28.3. The largest absolute Gasteiger partial charge is 0.489 e. The van der Waals surface area contributed by atoms with Gasteiger partial charge in [0.25, 0.3) is 5.91 Å². The number of ether oxygens (including phenoxy) is 2. The van der Waals surface area contributed by atoms with Crippen LogP contribution >= 0.6 is 11.3 Å². The Hall–Kier alpha value is -3.57. The Morgan fingerprint density at radius 3 is 2.55 bits per heavy atom. The van der Waals surface area contributed by atoms with Crippen LogP contribution in [0.1, 0.15) is 59.3 Å². The van der Waals surface area contributed by atoms with Crippen LogP contribution in [0.4, 0.5) is 28.9 Å². The molecule has 8 nitrogen and oxygen atoms in total. The number of hydrogen-bond acceptors (Lipinski definition) is 8. The van der Waals surface area contributed by atoms with Gasteiger partial charge in [0, 0.05) is 30.6 Å². The standard InChI is InChI=1S/C36H42F4N4O4S/c1-41-34(46)26-18-31(48-17-16-45)30(19-28(26)37)42-13-3-6-32-27(20-36(38,39)40)25-4-2-5-29(33(25)49-32)43-23-7-9-24(10-8-23)44-14-11-35(12-15-44)21-47-22-35/h2,4-5,18-19,23-24,42-43,45H,7-17,20-22H2,1H3,(H,41,46). The van der Waals surface area contributed by atoms with E-state index >= 15 is 0 Å². The number of amides is 1. The van der Waals surface area contributed by atoms with Gasteiger partial charge in [-0.1, -0.05) is 24.0 Å². The summed E-state index contributed by atoms with van der Waals surface area (Å²) >= 11 is 1.24. The van der Waals surface area contributed by atoms with Gasteiger partial charge in [-0.05, 0) is 74.7 Å². The van der Waals surface area contributed by atoms with Gasteiger partial charge >= 0.3 is 6.18 Å². The van der Waals surface area contributed by atoms with Crippen LogP contribution in [0.2, 0.25) is 0 Å². The van der Waals surface area contributed by atoms with Gasteiger partial charge in [0.2, 0.25) is 0 Å². The van der Waals surface area contributed by atoms with Crippen molar-refractivity contribution in [2.75, 3.05) is 63.7 Å². The minimum atomic E-state index is -4.42. The molecule has 0 unspecified atom stereocenters. The first kappa shape index (κ1) is 35.3. The summed E-state index contributed by atoms with van der Waals surface area (Å²) in [6, 6.07) is 8.56. The summed E-state index contributed by atoms with van der Waals surface area (Å²) < 4.78 is 67.8. The second kappa shape index (κ2) is 15.1. The highest BCUT2D eigenvalue weighted by Crippen LogP contribution is 2.42. The molecule has 3 heterocycles. The van der Waals surface area contributed by atoms with Crippen LogP contribution in [0.15, 0.2) is 30.3 Å². The molecule has 1 amide bonds. The molecule has 1 aromatic heterocycles. The SMILES string of the molecule is CNC(=O)c1cc(OCCO)c(NCC#Cc2sc3c(NC4CCC(N5CCC6(CC5)COC6)CC4)cccc3c2CC(F)(F)F)cc1F. The number of halogens is 4. The van der Waals surface area contributed by atoms with E-state index in [4.69, 9.17) is 9.47 Å². The van der Waals surface area contributed by atoms with Gasteiger partial charge in [-0.15, -0.1) is 11.3 Å². The molecule has 264 valence electrons. The number of carbonyl (C=O) groups excluding carboxylic acids is 1. The topological polar surface area (TPSA) is 95.1 Å². The first-order valence-corrected chi connectivity index (χ1v) is 17.6. The molecule has 1 aliphatic carbocycles. The number of nitrogens with zero attached hydrogens (tertiary/aromatic N) is 1. The molecule has 2 aliphatic heterocycles. The number of alkyl halides is 3. The first-order valence-electron chi connectivity index (χ1n) is 16.8. The maximum atomic E-state index is 14.7. The van der Waals surface area contributed by atoms with Crippen molar-refractivity contribution in [3.8, 4) is 17.6 Å². The number of fused-ring (bicyclic) bond motifs is 1. The molecule has 4 N–H and O–H groups in total. The lowest BCUT2D eigenvalue weighted by atomic mass is 9.76. The van der Waals surface area contributed by atoms with Gasteiger partial charge in [-0.25, -0.2) is 4.39 Å². The molecule has 3 aromatic rings. The molecule has 0 atom stereocenters. The lowest BCUT2D eigenvalue weighted by molar-refractivity contribution is -0.143. The van der Waals surface area contributed by atoms with E-state index in [1.54, 1.807) is 12.1 Å². The molecule has 49 heavy (non-hydrogen) atoms. The predicted molar refractivity (Wildman–Crippen MR) is 183 cm³/mol. The van der Waals surface area contributed by atoms with Crippen LogP contribution in [0.3, 0.4) is 0 Å². The molecule has 6 rings (SSSR count). The van der Waals surface area contributed by atoms with E-state index in [0.717, 1.165) is 68.4 Å². The molecule has 2 aromatic carbocycles. The Labute approximate surface area is 287 Å². The summed E-state index contributed by atoms with van der Waals surface area (Å²) in [6.45, 7) is 3.64. The zero-order chi connectivity index (χ0) is 34.6. The molecule has 3 aliphatic rings. The van der Waals surface area contributed by atoms with Crippen LogP contribution < -0.4 is 20.7 Å². The molecule has 2 saturated heterocycles. The van der Waals surface area contributed by atoms with E-state index in [1.807, 2.05) is 6.07 Å². The molecule has 1 saturated carbocycles. The number of likely N-dealkylation sites (tertiary alicyclic amines) is 1. The molecule has 1 spiro atoms. The van der Waals surface area contributed by atoms with E-state index in [-0.39, 0.29) is 48.4 Å². The van der Waals surface area contributed by atoms with E-state index < -0.39 is 24.3 Å². The normalized spacial score (nSPS) is 20.7. The highest BCUT2D eigenvalue weighted by atomic mass is 32.1. The lowest BCUT2D eigenvalue weighted by Gasteiger charge is -2.49. The Bertz CT molecular complexity index is 1700. The maximum absolute atomic E-state index is 14.7. The molecule has 0 bridgehead atoms. The van der Waals surface area contributed by atoms with E-state index in [1.165, 1.54) is 37.3 Å². The number of aliphatic hydroxyl groups excluding tert-OH is 1. The summed E-state index contributed by atoms with van der Waals surface area (Å²) in [5.74, 6) is 4.51. The van der Waals surface area contributed by atoms with Crippen molar-refractivity contribution < 1.29 is 36.9 Å². The predicted octanol–water partition coefficient (Wildman–Crippen LogP) is 6.18. The molecule has 3 fully saturated rings. The van der Waals surface area contributed by atoms with Crippen molar-refractivity contribution in [1.82, 2.24) is 10.2 Å². The summed E-state index contributed by atoms with van der Waals surface area (Å²) in [4.78, 5) is 15.0. The summed E-state index contributed by atoms with van der Waals surface area (Å²) in [5.41, 5.74) is 1.34. The van der Waals surface area contributed by atoms with E-state index in [0.29, 0.717) is 21.7 Å². The van der Waals surface area contributed by atoms with Crippen molar-refractivity contribution in [3.05, 3.63) is 52.2 Å². The van der Waals surface area contributed by atoms with Crippen molar-refractivity contribution in [2.45, 2.75) is 63.2 Å². The molecular weight excluding hydrogens is 660 g/mol.